The zero-order chi connectivity index (χ0) is 20.1. The van der Waals surface area contributed by atoms with Gasteiger partial charge in [-0.3, -0.25) is 14.5 Å². The molecule has 0 bridgehead atoms. The van der Waals surface area contributed by atoms with E-state index in [-0.39, 0.29) is 12.5 Å². The Morgan fingerprint density at radius 1 is 1.14 bits per heavy atom. The van der Waals surface area contributed by atoms with Gasteiger partial charge in [-0.15, -0.1) is 0 Å². The summed E-state index contributed by atoms with van der Waals surface area (Å²) in [4.78, 5) is 38.4. The normalized spacial score (nSPS) is 18.7. The first-order chi connectivity index (χ1) is 13.4. The molecule has 7 nitrogen and oxygen atoms in total. The quantitative estimate of drug-likeness (QED) is 0.716. The van der Waals surface area contributed by atoms with Crippen molar-refractivity contribution in [2.45, 2.75) is 18.9 Å². The number of imide groups is 1. The summed E-state index contributed by atoms with van der Waals surface area (Å²) in [6, 6.07) is 16.1. The summed E-state index contributed by atoms with van der Waals surface area (Å²) in [7, 11) is 1.53. The maximum absolute atomic E-state index is 12.9. The fourth-order valence-electron chi connectivity index (χ4n) is 3.16. The van der Waals surface area contributed by atoms with Crippen molar-refractivity contribution in [1.82, 2.24) is 15.5 Å². The average Bonchev–Trinajstić information content (AvgIpc) is 2.93. The molecule has 7 heteroatoms. The topological polar surface area (TPSA) is 87.7 Å². The van der Waals surface area contributed by atoms with E-state index < -0.39 is 17.5 Å². The summed E-state index contributed by atoms with van der Waals surface area (Å²) >= 11 is 0. The van der Waals surface area contributed by atoms with Crippen molar-refractivity contribution < 1.29 is 19.1 Å². The van der Waals surface area contributed by atoms with Crippen LogP contribution in [0.3, 0.4) is 0 Å². The van der Waals surface area contributed by atoms with Crippen LogP contribution in [0.1, 0.15) is 18.1 Å². The minimum atomic E-state index is -1.24. The predicted molar refractivity (Wildman–Crippen MR) is 104 cm³/mol. The first kappa shape index (κ1) is 19.4. The van der Waals surface area contributed by atoms with Crippen LogP contribution >= 0.6 is 0 Å². The van der Waals surface area contributed by atoms with E-state index in [0.717, 1.165) is 10.5 Å². The van der Waals surface area contributed by atoms with E-state index in [1.807, 2.05) is 30.3 Å². The van der Waals surface area contributed by atoms with Crippen molar-refractivity contribution in [3.05, 3.63) is 65.7 Å². The predicted octanol–water partition coefficient (Wildman–Crippen LogP) is 1.82. The van der Waals surface area contributed by atoms with Crippen molar-refractivity contribution in [3.63, 3.8) is 0 Å². The Balaban J connectivity index is 1.62. The summed E-state index contributed by atoms with van der Waals surface area (Å²) in [5.41, 5.74) is 0.455. The van der Waals surface area contributed by atoms with Gasteiger partial charge in [-0.05, 0) is 36.6 Å². The summed E-state index contributed by atoms with van der Waals surface area (Å²) in [5, 5.41) is 5.44. The molecule has 2 N–H and O–H groups in total. The second-order valence-electron chi connectivity index (χ2n) is 6.76. The first-order valence-corrected chi connectivity index (χ1v) is 9.03. The van der Waals surface area contributed by atoms with E-state index in [2.05, 4.69) is 10.6 Å². The number of benzene rings is 2. The smallest absolute Gasteiger partial charge is 0.325 e. The van der Waals surface area contributed by atoms with Gasteiger partial charge in [-0.1, -0.05) is 42.5 Å². The van der Waals surface area contributed by atoms with Crippen LogP contribution in [0.25, 0.3) is 0 Å². The molecule has 146 valence electrons. The summed E-state index contributed by atoms with van der Waals surface area (Å²) in [6.45, 7) is 1.73. The van der Waals surface area contributed by atoms with Crippen LogP contribution in [-0.2, 0) is 21.5 Å². The molecule has 0 aromatic heterocycles. The Hall–Kier alpha value is -3.35. The van der Waals surface area contributed by atoms with Gasteiger partial charge in [0, 0.05) is 6.54 Å². The molecule has 4 amide bonds. The third kappa shape index (κ3) is 3.98. The molecule has 1 aliphatic heterocycles. The lowest BCUT2D eigenvalue weighted by atomic mass is 9.92. The van der Waals surface area contributed by atoms with Gasteiger partial charge in [0.1, 0.15) is 17.8 Å². The number of hydrogen-bond donors (Lipinski definition) is 2. The van der Waals surface area contributed by atoms with Crippen LogP contribution in [0.15, 0.2) is 54.6 Å². The number of ether oxygens (including phenoxy) is 1. The van der Waals surface area contributed by atoms with Crippen LogP contribution < -0.4 is 15.4 Å². The zero-order valence-corrected chi connectivity index (χ0v) is 15.9. The number of carbonyl (C=O) groups is 3. The molecule has 0 saturated carbocycles. The Bertz CT molecular complexity index is 884. The SMILES string of the molecule is COc1cccc([C@@]2(C)NC(=O)N(CC(=O)NCCc3ccccc3)C2=O)c1. The second kappa shape index (κ2) is 8.12. The van der Waals surface area contributed by atoms with Crippen LogP contribution in [-0.4, -0.2) is 42.9 Å². The van der Waals surface area contributed by atoms with Crippen molar-refractivity contribution in [2.24, 2.45) is 0 Å². The molecule has 1 aliphatic rings. The van der Waals surface area contributed by atoms with Gasteiger partial charge in [0.15, 0.2) is 0 Å². The third-order valence-corrected chi connectivity index (χ3v) is 4.80. The van der Waals surface area contributed by atoms with Crippen molar-refractivity contribution in [3.8, 4) is 5.75 Å². The largest absolute Gasteiger partial charge is 0.497 e. The van der Waals surface area contributed by atoms with E-state index in [1.165, 1.54) is 7.11 Å². The lowest BCUT2D eigenvalue weighted by Crippen LogP contribution is -2.43. The lowest BCUT2D eigenvalue weighted by molar-refractivity contribution is -0.134. The first-order valence-electron chi connectivity index (χ1n) is 9.03. The van der Waals surface area contributed by atoms with Gasteiger partial charge in [-0.2, -0.15) is 0 Å². The zero-order valence-electron chi connectivity index (χ0n) is 15.9. The van der Waals surface area contributed by atoms with E-state index in [4.69, 9.17) is 4.74 Å². The van der Waals surface area contributed by atoms with Crippen molar-refractivity contribution in [2.75, 3.05) is 20.2 Å². The molecule has 0 radical (unpaired) electrons. The van der Waals surface area contributed by atoms with Gasteiger partial charge < -0.3 is 15.4 Å². The number of methoxy groups -OCH3 is 1. The molecule has 1 atom stereocenters. The molecule has 0 aliphatic carbocycles. The molecule has 0 unspecified atom stereocenters. The van der Waals surface area contributed by atoms with Crippen molar-refractivity contribution in [1.29, 1.82) is 0 Å². The molecule has 1 saturated heterocycles. The van der Waals surface area contributed by atoms with E-state index in [0.29, 0.717) is 24.3 Å². The van der Waals surface area contributed by atoms with Gasteiger partial charge in [0.05, 0.1) is 7.11 Å². The molecule has 1 fully saturated rings. The minimum absolute atomic E-state index is 0.320. The fraction of sp³-hybridized carbons (Fsp3) is 0.286. The Labute approximate surface area is 163 Å². The summed E-state index contributed by atoms with van der Waals surface area (Å²) in [5.74, 6) is -0.267. The average molecular weight is 381 g/mol. The third-order valence-electron chi connectivity index (χ3n) is 4.80. The molecule has 2 aromatic carbocycles. The number of amides is 4. The van der Waals surface area contributed by atoms with Crippen LogP contribution in [0, 0.1) is 0 Å². The van der Waals surface area contributed by atoms with Gasteiger partial charge in [0.25, 0.3) is 5.91 Å². The van der Waals surface area contributed by atoms with Gasteiger partial charge in [-0.25, -0.2) is 4.79 Å². The van der Waals surface area contributed by atoms with Crippen LogP contribution in [0.2, 0.25) is 0 Å². The Kier molecular flexibility index (Phi) is 5.63. The number of rotatable bonds is 7. The summed E-state index contributed by atoms with van der Waals surface area (Å²) < 4.78 is 5.19. The maximum atomic E-state index is 12.9. The highest BCUT2D eigenvalue weighted by molar-refractivity contribution is 6.09. The molecular formula is C21H23N3O4. The Morgan fingerprint density at radius 2 is 1.89 bits per heavy atom. The highest BCUT2D eigenvalue weighted by atomic mass is 16.5. The minimum Gasteiger partial charge on any atom is -0.497 e. The highest BCUT2D eigenvalue weighted by Crippen LogP contribution is 2.30. The standard InChI is InChI=1S/C21H23N3O4/c1-21(16-9-6-10-17(13-16)28-2)19(26)24(20(27)23-21)14-18(25)22-12-11-15-7-4-3-5-8-15/h3-10,13H,11-12,14H2,1-2H3,(H,22,25)(H,23,27)/t21-/m1/s1. The van der Waals surface area contributed by atoms with E-state index in [1.54, 1.807) is 31.2 Å². The number of urea groups is 1. The molecule has 1 heterocycles. The Morgan fingerprint density at radius 3 is 2.61 bits per heavy atom. The lowest BCUT2D eigenvalue weighted by Gasteiger charge is -2.22. The van der Waals surface area contributed by atoms with Crippen molar-refractivity contribution >= 4 is 17.8 Å². The van der Waals surface area contributed by atoms with E-state index >= 15 is 0 Å². The monoisotopic (exact) mass is 381 g/mol. The molecule has 2 aromatic rings. The molecular weight excluding hydrogens is 358 g/mol. The number of carbonyl (C=O) groups excluding carboxylic acids is 3. The molecule has 0 spiro atoms. The van der Waals surface area contributed by atoms with Gasteiger partial charge >= 0.3 is 6.03 Å². The number of nitrogens with zero attached hydrogens (tertiary/aromatic N) is 1. The number of hydrogen-bond acceptors (Lipinski definition) is 4. The van der Waals surface area contributed by atoms with Crippen LogP contribution in [0.4, 0.5) is 4.79 Å². The maximum Gasteiger partial charge on any atom is 0.325 e. The highest BCUT2D eigenvalue weighted by Gasteiger charge is 2.49. The van der Waals surface area contributed by atoms with E-state index in [9.17, 15) is 14.4 Å². The fourth-order valence-corrected chi connectivity index (χ4v) is 3.16. The second-order valence-corrected chi connectivity index (χ2v) is 6.76. The van der Waals surface area contributed by atoms with Gasteiger partial charge in [0.2, 0.25) is 5.91 Å². The van der Waals surface area contributed by atoms with Crippen LogP contribution in [0.5, 0.6) is 5.75 Å². The number of nitrogens with one attached hydrogen (secondary N) is 2. The summed E-state index contributed by atoms with van der Waals surface area (Å²) in [6.07, 6.45) is 0.675. The molecule has 3 rings (SSSR count). The molecule has 28 heavy (non-hydrogen) atoms.